The van der Waals surface area contributed by atoms with E-state index in [0.29, 0.717) is 5.02 Å². The first-order valence-corrected chi connectivity index (χ1v) is 8.80. The largest absolute Gasteiger partial charge is 0.346 e. The van der Waals surface area contributed by atoms with E-state index in [-0.39, 0.29) is 6.17 Å². The molecule has 2 aromatic rings. The van der Waals surface area contributed by atoms with Crippen molar-refractivity contribution in [3.63, 3.8) is 0 Å². The van der Waals surface area contributed by atoms with Crippen LogP contribution in [0.1, 0.15) is 5.56 Å². The van der Waals surface area contributed by atoms with Crippen LogP contribution in [-0.4, -0.2) is 23.0 Å². The predicted octanol–water partition coefficient (Wildman–Crippen LogP) is 5.67. The molecule has 1 atom stereocenters. The number of rotatable bonds is 2. The van der Waals surface area contributed by atoms with Gasteiger partial charge in [0, 0.05) is 29.5 Å². The van der Waals surface area contributed by atoms with Crippen molar-refractivity contribution in [3.05, 3.63) is 59.1 Å². The molecule has 0 bridgehead atoms. The Morgan fingerprint density at radius 3 is 1.70 bits per heavy atom. The lowest BCUT2D eigenvalue weighted by molar-refractivity contribution is 0.681. The highest BCUT2D eigenvalue weighted by Crippen LogP contribution is 2.41. The lowest BCUT2D eigenvalue weighted by Gasteiger charge is -2.37. The highest BCUT2D eigenvalue weighted by molar-refractivity contribution is 6.68. The average Bonchev–Trinajstić information content (AvgIpc) is 2.94. The molecule has 0 aromatic heterocycles. The summed E-state index contributed by atoms with van der Waals surface area (Å²) in [6.07, 6.45) is -0.378. The summed E-state index contributed by atoms with van der Waals surface area (Å²) < 4.78 is -1.44. The molecule has 6 heteroatoms. The maximum Gasteiger partial charge on any atom is 0.228 e. The minimum atomic E-state index is -1.44. The van der Waals surface area contributed by atoms with Crippen LogP contribution in [0.4, 0.5) is 11.4 Å². The van der Waals surface area contributed by atoms with Crippen LogP contribution in [0.5, 0.6) is 0 Å². The van der Waals surface area contributed by atoms with Crippen molar-refractivity contribution in [3.8, 4) is 0 Å². The molecule has 1 heterocycles. The second kappa shape index (κ2) is 6.60. The first-order chi connectivity index (χ1) is 10.9. The molecule has 1 saturated heterocycles. The van der Waals surface area contributed by atoms with Gasteiger partial charge in [-0.1, -0.05) is 64.1 Å². The maximum atomic E-state index is 6.31. The zero-order valence-corrected chi connectivity index (χ0v) is 15.5. The number of benzene rings is 2. The Bertz CT molecular complexity index is 611. The van der Waals surface area contributed by atoms with Gasteiger partial charge in [0.2, 0.25) is 3.79 Å². The fourth-order valence-corrected chi connectivity index (χ4v) is 3.72. The van der Waals surface area contributed by atoms with Gasteiger partial charge in [0.25, 0.3) is 0 Å². The third-order valence-electron chi connectivity index (χ3n) is 3.99. The van der Waals surface area contributed by atoms with Gasteiger partial charge in [-0.15, -0.1) is 0 Å². The molecule has 0 aliphatic carbocycles. The number of hydrogen-bond acceptors (Lipinski definition) is 2. The van der Waals surface area contributed by atoms with Crippen LogP contribution in [-0.2, 0) is 0 Å². The van der Waals surface area contributed by atoms with E-state index in [1.54, 1.807) is 0 Å². The molecule has 2 nitrogen and oxygen atoms in total. The topological polar surface area (TPSA) is 6.48 Å². The van der Waals surface area contributed by atoms with Crippen molar-refractivity contribution in [2.45, 2.75) is 16.9 Å². The number of nitrogens with zero attached hydrogens (tertiary/aromatic N) is 2. The normalized spacial score (nSPS) is 18.6. The second-order valence-electron chi connectivity index (χ2n) is 5.61. The standard InChI is InChI=1S/C17H16Cl4N2/c1-12-2-6-14(7-3-12)22-10-11-23(16(22)17(19,20)21)15-8-4-13(18)5-9-15/h2-9,16H,10-11H2,1H3. The molecular weight excluding hydrogens is 374 g/mol. The molecule has 0 saturated carbocycles. The average molecular weight is 390 g/mol. The van der Waals surface area contributed by atoms with Gasteiger partial charge in [-0.2, -0.15) is 0 Å². The summed E-state index contributed by atoms with van der Waals surface area (Å²) >= 11 is 24.9. The third kappa shape index (κ3) is 3.66. The van der Waals surface area contributed by atoms with E-state index in [0.717, 1.165) is 24.5 Å². The van der Waals surface area contributed by atoms with Crippen molar-refractivity contribution in [2.75, 3.05) is 22.9 Å². The van der Waals surface area contributed by atoms with E-state index in [1.807, 2.05) is 24.3 Å². The molecule has 23 heavy (non-hydrogen) atoms. The first kappa shape index (κ1) is 17.0. The van der Waals surface area contributed by atoms with Crippen LogP contribution in [0.2, 0.25) is 5.02 Å². The van der Waals surface area contributed by atoms with E-state index in [1.165, 1.54) is 5.56 Å². The van der Waals surface area contributed by atoms with Gasteiger partial charge in [0.05, 0.1) is 0 Å². The third-order valence-corrected chi connectivity index (χ3v) is 4.83. The summed E-state index contributed by atoms with van der Waals surface area (Å²) in [6.45, 7) is 3.61. The monoisotopic (exact) mass is 388 g/mol. The molecule has 1 aliphatic rings. The van der Waals surface area contributed by atoms with Crippen molar-refractivity contribution in [1.82, 2.24) is 0 Å². The second-order valence-corrected chi connectivity index (χ2v) is 8.42. The first-order valence-electron chi connectivity index (χ1n) is 7.28. The van der Waals surface area contributed by atoms with Crippen LogP contribution in [0.15, 0.2) is 48.5 Å². The molecule has 1 aliphatic heterocycles. The molecule has 2 aromatic carbocycles. The minimum absolute atomic E-state index is 0.378. The van der Waals surface area contributed by atoms with Gasteiger partial charge in [-0.3, -0.25) is 0 Å². The van der Waals surface area contributed by atoms with Crippen molar-refractivity contribution in [2.24, 2.45) is 0 Å². The summed E-state index contributed by atoms with van der Waals surface area (Å²) in [5.74, 6) is 0. The smallest absolute Gasteiger partial charge is 0.228 e. The van der Waals surface area contributed by atoms with Gasteiger partial charge in [0.15, 0.2) is 6.17 Å². The Kier molecular flexibility index (Phi) is 4.89. The van der Waals surface area contributed by atoms with Gasteiger partial charge < -0.3 is 9.80 Å². The zero-order valence-electron chi connectivity index (χ0n) is 12.5. The van der Waals surface area contributed by atoms with Gasteiger partial charge >= 0.3 is 0 Å². The zero-order chi connectivity index (χ0) is 16.6. The van der Waals surface area contributed by atoms with Crippen LogP contribution in [0.3, 0.4) is 0 Å². The highest BCUT2D eigenvalue weighted by Gasteiger charge is 2.45. The summed E-state index contributed by atoms with van der Waals surface area (Å²) in [5.41, 5.74) is 3.23. The quantitative estimate of drug-likeness (QED) is 0.610. The van der Waals surface area contributed by atoms with Crippen LogP contribution < -0.4 is 9.80 Å². The SMILES string of the molecule is Cc1ccc(N2CCN(c3ccc(Cl)cc3)C2C(Cl)(Cl)Cl)cc1. The van der Waals surface area contributed by atoms with Crippen LogP contribution >= 0.6 is 46.4 Å². The Morgan fingerprint density at radius 2 is 1.26 bits per heavy atom. The fraction of sp³-hybridized carbons (Fsp3) is 0.294. The van der Waals surface area contributed by atoms with Gasteiger partial charge in [-0.25, -0.2) is 0 Å². The molecule has 1 unspecified atom stereocenters. The van der Waals surface area contributed by atoms with Gasteiger partial charge in [-0.05, 0) is 43.3 Å². The summed E-state index contributed by atoms with van der Waals surface area (Å²) in [5, 5.41) is 0.689. The van der Waals surface area contributed by atoms with E-state index in [2.05, 4.69) is 41.0 Å². The van der Waals surface area contributed by atoms with Crippen molar-refractivity contribution in [1.29, 1.82) is 0 Å². The minimum Gasteiger partial charge on any atom is -0.346 e. The Morgan fingerprint density at radius 1 is 0.826 bits per heavy atom. The van der Waals surface area contributed by atoms with E-state index < -0.39 is 3.79 Å². The number of anilines is 2. The molecular formula is C17H16Cl4N2. The van der Waals surface area contributed by atoms with E-state index in [9.17, 15) is 0 Å². The summed E-state index contributed by atoms with van der Waals surface area (Å²) in [7, 11) is 0. The summed E-state index contributed by atoms with van der Waals surface area (Å²) in [4.78, 5) is 4.23. The molecule has 1 fully saturated rings. The number of alkyl halides is 3. The van der Waals surface area contributed by atoms with Gasteiger partial charge in [0.1, 0.15) is 0 Å². The Hall–Kier alpha value is -0.800. The number of hydrogen-bond donors (Lipinski definition) is 0. The van der Waals surface area contributed by atoms with Crippen LogP contribution in [0, 0.1) is 6.92 Å². The number of halogens is 4. The van der Waals surface area contributed by atoms with Crippen molar-refractivity contribution >= 4 is 57.8 Å². The van der Waals surface area contributed by atoms with Crippen molar-refractivity contribution < 1.29 is 0 Å². The lowest BCUT2D eigenvalue weighted by atomic mass is 10.2. The lowest BCUT2D eigenvalue weighted by Crippen LogP contribution is -2.48. The molecule has 0 spiro atoms. The van der Waals surface area contributed by atoms with E-state index in [4.69, 9.17) is 46.4 Å². The maximum absolute atomic E-state index is 6.31. The molecule has 3 rings (SSSR count). The van der Waals surface area contributed by atoms with E-state index >= 15 is 0 Å². The molecule has 0 radical (unpaired) electrons. The summed E-state index contributed by atoms with van der Waals surface area (Å²) in [6, 6.07) is 15.8. The van der Waals surface area contributed by atoms with Crippen LogP contribution in [0.25, 0.3) is 0 Å². The Balaban J connectivity index is 1.96. The molecule has 0 N–H and O–H groups in total. The molecule has 0 amide bonds. The highest BCUT2D eigenvalue weighted by atomic mass is 35.6. The number of aryl methyl sites for hydroxylation is 1. The fourth-order valence-electron chi connectivity index (χ4n) is 2.89. The predicted molar refractivity (Wildman–Crippen MR) is 101 cm³/mol. The molecule has 122 valence electrons. The Labute approximate surface area is 156 Å².